The van der Waals surface area contributed by atoms with Gasteiger partial charge < -0.3 is 10.5 Å². The van der Waals surface area contributed by atoms with Crippen molar-refractivity contribution < 1.29 is 9.53 Å². The summed E-state index contributed by atoms with van der Waals surface area (Å²) in [4.78, 5) is 16.8. The van der Waals surface area contributed by atoms with Crippen molar-refractivity contribution in [3.05, 3.63) is 53.4 Å². The van der Waals surface area contributed by atoms with Gasteiger partial charge in [0.05, 0.1) is 24.1 Å². The first-order chi connectivity index (χ1) is 12.6. The molecule has 1 aromatic carbocycles. The molecule has 0 radical (unpaired) electrons. The molecule has 5 nitrogen and oxygen atoms in total. The molecule has 3 rings (SSSR count). The van der Waals surface area contributed by atoms with E-state index in [-0.39, 0.29) is 5.75 Å². The van der Waals surface area contributed by atoms with Gasteiger partial charge in [0.2, 0.25) is 5.91 Å². The van der Waals surface area contributed by atoms with Crippen molar-refractivity contribution in [2.45, 2.75) is 5.03 Å². The first kappa shape index (κ1) is 18.0. The lowest BCUT2D eigenvalue weighted by Gasteiger charge is -2.11. The van der Waals surface area contributed by atoms with E-state index in [0.29, 0.717) is 10.6 Å². The van der Waals surface area contributed by atoms with E-state index in [1.807, 2.05) is 47.8 Å². The topological polar surface area (TPSA) is 89.0 Å². The molecule has 3 aromatic rings. The molecule has 0 saturated carbocycles. The van der Waals surface area contributed by atoms with Gasteiger partial charge in [0.15, 0.2) is 0 Å². The lowest BCUT2D eigenvalue weighted by molar-refractivity contribution is -0.115. The van der Waals surface area contributed by atoms with Crippen molar-refractivity contribution in [3.63, 3.8) is 0 Å². The fourth-order valence-electron chi connectivity index (χ4n) is 2.41. The minimum absolute atomic E-state index is 0.0671. The van der Waals surface area contributed by atoms with E-state index < -0.39 is 5.91 Å². The molecule has 0 bridgehead atoms. The van der Waals surface area contributed by atoms with Crippen molar-refractivity contribution in [1.82, 2.24) is 4.98 Å². The van der Waals surface area contributed by atoms with Gasteiger partial charge in [-0.1, -0.05) is 17.8 Å². The molecular formula is C19H15N3O2S2. The molecule has 26 heavy (non-hydrogen) atoms. The summed E-state index contributed by atoms with van der Waals surface area (Å²) in [5, 5.41) is 12.1. The van der Waals surface area contributed by atoms with Gasteiger partial charge in [0.1, 0.15) is 16.8 Å². The molecular weight excluding hydrogens is 366 g/mol. The number of nitriles is 1. The van der Waals surface area contributed by atoms with Crippen LogP contribution in [0.1, 0.15) is 5.56 Å². The van der Waals surface area contributed by atoms with Crippen LogP contribution in [0.2, 0.25) is 0 Å². The number of hydrogen-bond donors (Lipinski definition) is 1. The van der Waals surface area contributed by atoms with Crippen LogP contribution in [0.25, 0.3) is 21.7 Å². The largest absolute Gasteiger partial charge is 0.497 e. The first-order valence-corrected chi connectivity index (χ1v) is 9.53. The molecule has 0 saturated heterocycles. The smallest absolute Gasteiger partial charge is 0.227 e. The van der Waals surface area contributed by atoms with E-state index in [1.165, 1.54) is 11.8 Å². The predicted molar refractivity (Wildman–Crippen MR) is 104 cm³/mol. The fourth-order valence-corrected chi connectivity index (χ4v) is 3.90. The molecule has 0 fully saturated rings. The van der Waals surface area contributed by atoms with E-state index in [2.05, 4.69) is 11.1 Å². The highest BCUT2D eigenvalue weighted by atomic mass is 32.2. The molecule has 2 N–H and O–H groups in total. The van der Waals surface area contributed by atoms with Gasteiger partial charge in [-0.15, -0.1) is 11.3 Å². The Hall–Kier alpha value is -2.82. The number of nitrogens with zero attached hydrogens (tertiary/aromatic N) is 2. The van der Waals surface area contributed by atoms with Gasteiger partial charge in [-0.2, -0.15) is 5.26 Å². The molecule has 130 valence electrons. The number of carbonyl (C=O) groups is 1. The average Bonchev–Trinajstić information content (AvgIpc) is 3.20. The van der Waals surface area contributed by atoms with Gasteiger partial charge >= 0.3 is 0 Å². The normalized spacial score (nSPS) is 10.3. The van der Waals surface area contributed by atoms with E-state index in [1.54, 1.807) is 18.4 Å². The SMILES string of the molecule is COc1ccc(-c2cc(-c3cccs3)c(C#N)c(SCC(N)=O)n2)cc1. The highest BCUT2D eigenvalue weighted by Gasteiger charge is 2.17. The average molecular weight is 381 g/mol. The van der Waals surface area contributed by atoms with Crippen LogP contribution < -0.4 is 10.5 Å². The van der Waals surface area contributed by atoms with Crippen LogP contribution in [0.15, 0.2) is 52.9 Å². The molecule has 2 aromatic heterocycles. The summed E-state index contributed by atoms with van der Waals surface area (Å²) >= 11 is 2.73. The van der Waals surface area contributed by atoms with Crippen molar-refractivity contribution >= 4 is 29.0 Å². The quantitative estimate of drug-likeness (QED) is 0.653. The van der Waals surface area contributed by atoms with Crippen LogP contribution in [-0.2, 0) is 4.79 Å². The maximum absolute atomic E-state index is 11.2. The molecule has 0 aliphatic carbocycles. The van der Waals surface area contributed by atoms with Gasteiger partial charge in [-0.05, 0) is 41.8 Å². The van der Waals surface area contributed by atoms with Crippen molar-refractivity contribution in [2.24, 2.45) is 5.73 Å². The number of thioether (sulfide) groups is 1. The van der Waals surface area contributed by atoms with Crippen LogP contribution in [-0.4, -0.2) is 23.8 Å². The van der Waals surface area contributed by atoms with E-state index in [4.69, 9.17) is 10.5 Å². The van der Waals surface area contributed by atoms with E-state index >= 15 is 0 Å². The molecule has 7 heteroatoms. The summed E-state index contributed by atoms with van der Waals surface area (Å²) in [5.41, 5.74) is 8.14. The van der Waals surface area contributed by atoms with Crippen LogP contribution >= 0.6 is 23.1 Å². The number of thiophene rings is 1. The number of aromatic nitrogens is 1. The Labute approximate surface area is 159 Å². The predicted octanol–water partition coefficient (Wildman–Crippen LogP) is 3.93. The summed E-state index contributed by atoms with van der Waals surface area (Å²) in [7, 11) is 1.61. The van der Waals surface area contributed by atoms with Crippen molar-refractivity contribution in [2.75, 3.05) is 12.9 Å². The summed E-state index contributed by atoms with van der Waals surface area (Å²) in [6, 6.07) is 15.6. The molecule has 0 unspecified atom stereocenters. The number of amides is 1. The Morgan fingerprint density at radius 3 is 2.69 bits per heavy atom. The first-order valence-electron chi connectivity index (χ1n) is 7.67. The minimum atomic E-state index is -0.451. The van der Waals surface area contributed by atoms with E-state index in [0.717, 1.165) is 27.4 Å². The number of primary amides is 1. The Balaban J connectivity index is 2.14. The number of pyridine rings is 1. The molecule has 0 spiro atoms. The molecule has 0 aliphatic heterocycles. The Morgan fingerprint density at radius 1 is 1.35 bits per heavy atom. The summed E-state index contributed by atoms with van der Waals surface area (Å²) in [6.45, 7) is 0. The minimum Gasteiger partial charge on any atom is -0.497 e. The molecule has 2 heterocycles. The number of methoxy groups -OCH3 is 1. The lowest BCUT2D eigenvalue weighted by Crippen LogP contribution is -2.13. The number of hydrogen-bond acceptors (Lipinski definition) is 6. The lowest BCUT2D eigenvalue weighted by atomic mass is 10.0. The van der Waals surface area contributed by atoms with E-state index in [9.17, 15) is 10.1 Å². The maximum atomic E-state index is 11.2. The zero-order valence-electron chi connectivity index (χ0n) is 13.9. The second-order valence-corrected chi connectivity index (χ2v) is 7.22. The third-order valence-corrected chi connectivity index (χ3v) is 5.52. The zero-order valence-corrected chi connectivity index (χ0v) is 15.6. The number of carbonyl (C=O) groups excluding carboxylic acids is 1. The highest BCUT2D eigenvalue weighted by molar-refractivity contribution is 8.00. The number of benzene rings is 1. The summed E-state index contributed by atoms with van der Waals surface area (Å²) < 4.78 is 5.20. The third-order valence-electron chi connectivity index (χ3n) is 3.62. The van der Waals surface area contributed by atoms with Crippen molar-refractivity contribution in [1.29, 1.82) is 5.26 Å². The number of rotatable bonds is 6. The molecule has 0 aliphatic rings. The monoisotopic (exact) mass is 381 g/mol. The zero-order chi connectivity index (χ0) is 18.5. The Morgan fingerprint density at radius 2 is 2.12 bits per heavy atom. The molecule has 0 atom stereocenters. The van der Waals surface area contributed by atoms with Gasteiger partial charge in [-0.3, -0.25) is 4.79 Å². The maximum Gasteiger partial charge on any atom is 0.227 e. The second kappa shape index (κ2) is 8.04. The van der Waals surface area contributed by atoms with Gasteiger partial charge in [0, 0.05) is 16.0 Å². The third kappa shape index (κ3) is 3.87. The van der Waals surface area contributed by atoms with Crippen LogP contribution in [0.4, 0.5) is 0 Å². The van der Waals surface area contributed by atoms with Crippen LogP contribution in [0, 0.1) is 11.3 Å². The van der Waals surface area contributed by atoms with Crippen LogP contribution in [0.5, 0.6) is 5.75 Å². The summed E-state index contributed by atoms with van der Waals surface area (Å²) in [6.07, 6.45) is 0. The standard InChI is InChI=1S/C19H15N3O2S2/c1-24-13-6-4-12(5-7-13)16-9-14(17-3-2-8-25-17)15(10-20)19(22-16)26-11-18(21)23/h2-9H,11H2,1H3,(H2,21,23). The van der Waals surface area contributed by atoms with Gasteiger partial charge in [0.25, 0.3) is 0 Å². The second-order valence-electron chi connectivity index (χ2n) is 5.31. The Bertz CT molecular complexity index is 962. The number of nitrogens with two attached hydrogens (primary N) is 1. The highest BCUT2D eigenvalue weighted by Crippen LogP contribution is 2.36. The molecule has 1 amide bonds. The Kier molecular flexibility index (Phi) is 5.56. The van der Waals surface area contributed by atoms with Crippen LogP contribution in [0.3, 0.4) is 0 Å². The number of ether oxygens (including phenoxy) is 1. The van der Waals surface area contributed by atoms with Crippen molar-refractivity contribution in [3.8, 4) is 33.5 Å². The van der Waals surface area contributed by atoms with Gasteiger partial charge in [-0.25, -0.2) is 4.98 Å². The fraction of sp³-hybridized carbons (Fsp3) is 0.105. The summed E-state index contributed by atoms with van der Waals surface area (Å²) in [5.74, 6) is 0.370.